The van der Waals surface area contributed by atoms with Gasteiger partial charge in [0.1, 0.15) is 17.5 Å². The minimum absolute atomic E-state index is 0.166. The van der Waals surface area contributed by atoms with E-state index in [1.54, 1.807) is 0 Å². The van der Waals surface area contributed by atoms with Gasteiger partial charge in [0.25, 0.3) is 0 Å². The van der Waals surface area contributed by atoms with Crippen molar-refractivity contribution in [1.82, 2.24) is 9.97 Å². The molecule has 0 aliphatic carbocycles. The van der Waals surface area contributed by atoms with E-state index in [-0.39, 0.29) is 12.5 Å². The Labute approximate surface area is 108 Å². The number of aryl methyl sites for hydroxylation is 1. The van der Waals surface area contributed by atoms with Crippen LogP contribution in [0.4, 0.5) is 11.6 Å². The SMILES string of the molecule is CCNc1nc(C)nc(N(CC)CC(N)=O)c1C. The topological polar surface area (TPSA) is 84.1 Å². The van der Waals surface area contributed by atoms with Crippen molar-refractivity contribution in [3.8, 4) is 0 Å². The van der Waals surface area contributed by atoms with Gasteiger partial charge >= 0.3 is 0 Å². The molecule has 0 atom stereocenters. The molecule has 0 aliphatic heterocycles. The van der Waals surface area contributed by atoms with Gasteiger partial charge in [-0.25, -0.2) is 9.97 Å². The second kappa shape index (κ2) is 6.18. The van der Waals surface area contributed by atoms with Gasteiger partial charge in [0.05, 0.1) is 6.54 Å². The third kappa shape index (κ3) is 3.32. The molecule has 1 heterocycles. The van der Waals surface area contributed by atoms with Crippen molar-refractivity contribution < 1.29 is 4.79 Å². The standard InChI is InChI=1S/C12H21N5O/c1-5-14-11-8(3)12(16-9(4)15-11)17(6-2)7-10(13)18/h5-7H2,1-4H3,(H2,13,18)(H,14,15,16). The summed E-state index contributed by atoms with van der Waals surface area (Å²) in [5.41, 5.74) is 6.19. The van der Waals surface area contributed by atoms with Gasteiger partial charge in [0, 0.05) is 18.7 Å². The predicted molar refractivity (Wildman–Crippen MR) is 72.8 cm³/mol. The number of aromatic nitrogens is 2. The van der Waals surface area contributed by atoms with Crippen molar-refractivity contribution in [3.63, 3.8) is 0 Å². The number of rotatable bonds is 6. The summed E-state index contributed by atoms with van der Waals surface area (Å²) in [5, 5.41) is 3.20. The van der Waals surface area contributed by atoms with Crippen LogP contribution in [0, 0.1) is 13.8 Å². The monoisotopic (exact) mass is 251 g/mol. The minimum Gasteiger partial charge on any atom is -0.370 e. The summed E-state index contributed by atoms with van der Waals surface area (Å²) in [6, 6.07) is 0. The average Bonchev–Trinajstić information content (AvgIpc) is 2.30. The summed E-state index contributed by atoms with van der Waals surface area (Å²) in [7, 11) is 0. The van der Waals surface area contributed by atoms with Crippen LogP contribution in [0.5, 0.6) is 0 Å². The van der Waals surface area contributed by atoms with Gasteiger partial charge in [-0.05, 0) is 27.7 Å². The maximum Gasteiger partial charge on any atom is 0.236 e. The second-order valence-corrected chi connectivity index (χ2v) is 4.08. The van der Waals surface area contributed by atoms with E-state index in [2.05, 4.69) is 15.3 Å². The molecule has 0 unspecified atom stereocenters. The summed E-state index contributed by atoms with van der Waals surface area (Å²) in [6.07, 6.45) is 0. The molecular formula is C12H21N5O. The summed E-state index contributed by atoms with van der Waals surface area (Å²) in [5.74, 6) is 1.88. The Morgan fingerprint density at radius 1 is 1.33 bits per heavy atom. The van der Waals surface area contributed by atoms with Crippen LogP contribution in [-0.4, -0.2) is 35.5 Å². The van der Waals surface area contributed by atoms with Gasteiger partial charge in [0.2, 0.25) is 5.91 Å². The zero-order valence-corrected chi connectivity index (χ0v) is 11.4. The Hall–Kier alpha value is -1.85. The molecule has 0 radical (unpaired) electrons. The van der Waals surface area contributed by atoms with E-state index in [1.807, 2.05) is 32.6 Å². The third-order valence-electron chi connectivity index (χ3n) is 2.60. The van der Waals surface area contributed by atoms with E-state index >= 15 is 0 Å². The van der Waals surface area contributed by atoms with Crippen molar-refractivity contribution in [2.45, 2.75) is 27.7 Å². The number of likely N-dealkylation sites (N-methyl/N-ethyl adjacent to an activating group) is 1. The Kier molecular flexibility index (Phi) is 4.88. The van der Waals surface area contributed by atoms with Crippen LogP contribution in [0.25, 0.3) is 0 Å². The first-order chi connectivity index (χ1) is 8.49. The molecule has 6 nitrogen and oxygen atoms in total. The maximum absolute atomic E-state index is 11.1. The first kappa shape index (κ1) is 14.2. The van der Waals surface area contributed by atoms with Crippen LogP contribution in [0.3, 0.4) is 0 Å². The molecule has 0 aromatic carbocycles. The van der Waals surface area contributed by atoms with Gasteiger partial charge in [-0.3, -0.25) is 4.79 Å². The molecule has 0 saturated heterocycles. The minimum atomic E-state index is -0.363. The van der Waals surface area contributed by atoms with Crippen molar-refractivity contribution in [2.75, 3.05) is 29.9 Å². The molecule has 1 rings (SSSR count). The zero-order valence-electron chi connectivity index (χ0n) is 11.4. The Morgan fingerprint density at radius 2 is 2.00 bits per heavy atom. The number of nitrogens with two attached hydrogens (primary N) is 1. The summed E-state index contributed by atoms with van der Waals surface area (Å²) >= 11 is 0. The van der Waals surface area contributed by atoms with E-state index < -0.39 is 0 Å². The van der Waals surface area contributed by atoms with Crippen molar-refractivity contribution in [2.24, 2.45) is 5.73 Å². The van der Waals surface area contributed by atoms with Gasteiger partial charge in [-0.15, -0.1) is 0 Å². The molecule has 3 N–H and O–H groups in total. The second-order valence-electron chi connectivity index (χ2n) is 4.08. The van der Waals surface area contributed by atoms with Gasteiger partial charge in [-0.1, -0.05) is 0 Å². The molecule has 1 aromatic rings. The Bertz CT molecular complexity index is 433. The zero-order chi connectivity index (χ0) is 13.7. The maximum atomic E-state index is 11.1. The molecule has 1 aromatic heterocycles. The fourth-order valence-corrected chi connectivity index (χ4v) is 1.79. The van der Waals surface area contributed by atoms with E-state index in [4.69, 9.17) is 5.73 Å². The summed E-state index contributed by atoms with van der Waals surface area (Å²) in [4.78, 5) is 21.7. The number of nitrogens with one attached hydrogen (secondary N) is 1. The largest absolute Gasteiger partial charge is 0.370 e. The highest BCUT2D eigenvalue weighted by molar-refractivity contribution is 5.79. The third-order valence-corrected chi connectivity index (χ3v) is 2.60. The molecule has 0 fully saturated rings. The summed E-state index contributed by atoms with van der Waals surface area (Å²) in [6.45, 7) is 9.38. The molecule has 6 heteroatoms. The number of amides is 1. The number of hydrogen-bond acceptors (Lipinski definition) is 5. The van der Waals surface area contributed by atoms with Gasteiger partial charge < -0.3 is 16.0 Å². The van der Waals surface area contributed by atoms with E-state index in [9.17, 15) is 4.79 Å². The Balaban J connectivity index is 3.16. The van der Waals surface area contributed by atoms with E-state index in [0.29, 0.717) is 12.4 Å². The van der Waals surface area contributed by atoms with Crippen molar-refractivity contribution >= 4 is 17.5 Å². The van der Waals surface area contributed by atoms with Crippen molar-refractivity contribution in [3.05, 3.63) is 11.4 Å². The normalized spacial score (nSPS) is 10.2. The van der Waals surface area contributed by atoms with Crippen LogP contribution >= 0.6 is 0 Å². The van der Waals surface area contributed by atoms with Gasteiger partial charge in [-0.2, -0.15) is 0 Å². The molecule has 100 valence electrons. The van der Waals surface area contributed by atoms with Gasteiger partial charge in [0.15, 0.2) is 0 Å². The first-order valence-corrected chi connectivity index (χ1v) is 6.11. The fraction of sp³-hybridized carbons (Fsp3) is 0.583. The van der Waals surface area contributed by atoms with Crippen LogP contribution in [0.2, 0.25) is 0 Å². The Morgan fingerprint density at radius 3 is 2.50 bits per heavy atom. The number of hydrogen-bond donors (Lipinski definition) is 2. The van der Waals surface area contributed by atoms with Crippen LogP contribution in [0.1, 0.15) is 25.2 Å². The van der Waals surface area contributed by atoms with E-state index in [1.165, 1.54) is 0 Å². The van der Waals surface area contributed by atoms with Crippen molar-refractivity contribution in [1.29, 1.82) is 0 Å². The average molecular weight is 251 g/mol. The van der Waals surface area contributed by atoms with E-state index in [0.717, 1.165) is 23.7 Å². The molecule has 0 spiro atoms. The number of carbonyl (C=O) groups is 1. The highest BCUT2D eigenvalue weighted by Crippen LogP contribution is 2.23. The fourth-order valence-electron chi connectivity index (χ4n) is 1.79. The first-order valence-electron chi connectivity index (χ1n) is 6.11. The molecule has 18 heavy (non-hydrogen) atoms. The lowest BCUT2D eigenvalue weighted by molar-refractivity contribution is -0.116. The number of nitrogens with zero attached hydrogens (tertiary/aromatic N) is 3. The lowest BCUT2D eigenvalue weighted by Crippen LogP contribution is -2.35. The van der Waals surface area contributed by atoms with Crippen LogP contribution in [0.15, 0.2) is 0 Å². The van der Waals surface area contributed by atoms with Crippen LogP contribution < -0.4 is 16.0 Å². The van der Waals surface area contributed by atoms with Crippen LogP contribution in [-0.2, 0) is 4.79 Å². The predicted octanol–water partition coefficient (Wildman–Crippen LogP) is 0.837. The molecule has 0 aliphatic rings. The number of anilines is 2. The smallest absolute Gasteiger partial charge is 0.236 e. The quantitative estimate of drug-likeness (QED) is 0.782. The molecule has 1 amide bonds. The molecule has 0 bridgehead atoms. The number of carbonyl (C=O) groups excluding carboxylic acids is 1. The lowest BCUT2D eigenvalue weighted by Gasteiger charge is -2.23. The molecule has 0 saturated carbocycles. The highest BCUT2D eigenvalue weighted by atomic mass is 16.1. The number of primary amides is 1. The summed E-state index contributed by atoms with van der Waals surface area (Å²) < 4.78 is 0. The highest BCUT2D eigenvalue weighted by Gasteiger charge is 2.15. The lowest BCUT2D eigenvalue weighted by atomic mass is 10.2. The molecular weight excluding hydrogens is 230 g/mol.